The lowest BCUT2D eigenvalue weighted by Crippen LogP contribution is -2.36. The molecule has 2 aromatic carbocycles. The Kier molecular flexibility index (Phi) is 6.86. The summed E-state index contributed by atoms with van der Waals surface area (Å²) in [5.41, 5.74) is 6.73. The molecule has 146 valence electrons. The first-order valence-electron chi connectivity index (χ1n) is 8.50. The topological polar surface area (TPSA) is 143 Å². The van der Waals surface area contributed by atoms with E-state index in [1.165, 1.54) is 18.2 Å². The zero-order valence-electron chi connectivity index (χ0n) is 15.3. The molecule has 0 heterocycles. The van der Waals surface area contributed by atoms with Crippen LogP contribution in [0.3, 0.4) is 0 Å². The van der Waals surface area contributed by atoms with E-state index in [4.69, 9.17) is 21.0 Å². The number of Topliss-reactive ketones (excluding diaryl/α,β-unsaturated/α-hetero) is 1. The normalized spacial score (nSPS) is 11.3. The third kappa shape index (κ3) is 5.66. The number of carboxylic acid groups (broad SMARTS) is 1. The summed E-state index contributed by atoms with van der Waals surface area (Å²) in [6, 6.07) is 12.8. The Hall–Kier alpha value is -3.68. The fraction of sp³-hybridized carbons (Fsp3) is 0.200. The summed E-state index contributed by atoms with van der Waals surface area (Å²) in [4.78, 5) is 34.5. The van der Waals surface area contributed by atoms with Crippen LogP contribution in [-0.2, 0) is 16.0 Å². The second kappa shape index (κ2) is 9.31. The highest BCUT2D eigenvalue weighted by molar-refractivity contribution is 6.33. The van der Waals surface area contributed by atoms with Gasteiger partial charge in [-0.3, -0.25) is 15.0 Å². The van der Waals surface area contributed by atoms with Gasteiger partial charge in [-0.2, -0.15) is 0 Å². The van der Waals surface area contributed by atoms with E-state index >= 15 is 0 Å². The number of carbonyl (C=O) groups is 3. The summed E-state index contributed by atoms with van der Waals surface area (Å²) in [5.74, 6) is -2.72. The van der Waals surface area contributed by atoms with Gasteiger partial charge in [0.2, 0.25) is 5.78 Å². The lowest BCUT2D eigenvalue weighted by atomic mass is 10.0. The Labute approximate surface area is 161 Å². The molecule has 0 bridgehead atoms. The molecule has 0 aliphatic rings. The van der Waals surface area contributed by atoms with Gasteiger partial charge in [-0.25, -0.2) is 4.79 Å². The number of nitrogen functional groups attached to an aromatic ring is 1. The van der Waals surface area contributed by atoms with Gasteiger partial charge in [0.25, 0.3) is 5.91 Å². The van der Waals surface area contributed by atoms with Crippen LogP contribution < -0.4 is 15.8 Å². The number of aliphatic carboxylic acids is 1. The van der Waals surface area contributed by atoms with Crippen molar-refractivity contribution in [1.82, 2.24) is 5.32 Å². The number of nitrogens with two attached hydrogens (primary N) is 1. The number of carbonyl (C=O) groups excluding carboxylic acids is 2. The molecule has 1 atom stereocenters. The zero-order valence-corrected chi connectivity index (χ0v) is 15.3. The number of nitrogens with one attached hydrogen (secondary N) is 2. The van der Waals surface area contributed by atoms with Gasteiger partial charge in [-0.15, -0.1) is 0 Å². The minimum absolute atomic E-state index is 0.0776. The molecular weight excluding hydrogens is 362 g/mol. The van der Waals surface area contributed by atoms with Crippen molar-refractivity contribution in [1.29, 1.82) is 5.41 Å². The van der Waals surface area contributed by atoms with Crippen LogP contribution in [-0.4, -0.2) is 41.3 Å². The molecule has 8 nitrogen and oxygen atoms in total. The first kappa shape index (κ1) is 20.6. The number of rotatable bonds is 9. The molecule has 0 spiro atoms. The van der Waals surface area contributed by atoms with E-state index in [-0.39, 0.29) is 36.6 Å². The van der Waals surface area contributed by atoms with Gasteiger partial charge in [0.05, 0.1) is 6.04 Å². The minimum atomic E-state index is -1.54. The van der Waals surface area contributed by atoms with Crippen LogP contribution in [0.25, 0.3) is 0 Å². The van der Waals surface area contributed by atoms with Crippen molar-refractivity contribution < 1.29 is 24.2 Å². The number of hydrogen-bond acceptors (Lipinski definition) is 5. The maximum absolute atomic E-state index is 12.2. The zero-order chi connectivity index (χ0) is 20.7. The highest BCUT2D eigenvalue weighted by atomic mass is 16.5. The minimum Gasteiger partial charge on any atom is -0.491 e. The highest BCUT2D eigenvalue weighted by Crippen LogP contribution is 2.22. The maximum atomic E-state index is 12.2. The van der Waals surface area contributed by atoms with Crippen molar-refractivity contribution >= 4 is 23.5 Å². The van der Waals surface area contributed by atoms with Gasteiger partial charge in [-0.05, 0) is 25.1 Å². The van der Waals surface area contributed by atoms with Crippen molar-refractivity contribution in [3.63, 3.8) is 0 Å². The van der Waals surface area contributed by atoms with E-state index in [1.54, 1.807) is 31.2 Å². The van der Waals surface area contributed by atoms with Crippen molar-refractivity contribution in [2.75, 3.05) is 6.61 Å². The quantitative estimate of drug-likeness (QED) is 0.293. The summed E-state index contributed by atoms with van der Waals surface area (Å²) in [7, 11) is 0. The van der Waals surface area contributed by atoms with Gasteiger partial charge in [0.1, 0.15) is 18.2 Å². The number of carboxylic acids is 1. The van der Waals surface area contributed by atoms with Gasteiger partial charge in [-0.1, -0.05) is 30.3 Å². The smallest absolute Gasteiger partial charge is 0.372 e. The lowest BCUT2D eigenvalue weighted by Gasteiger charge is -2.17. The van der Waals surface area contributed by atoms with E-state index < -0.39 is 11.8 Å². The number of amidine groups is 1. The SMILES string of the molecule is CC(COc1cc(C(=N)N)ccc1CC(=O)C(=O)O)NC(=O)c1ccccc1. The van der Waals surface area contributed by atoms with E-state index in [0.29, 0.717) is 16.7 Å². The number of benzene rings is 2. The van der Waals surface area contributed by atoms with E-state index in [0.717, 1.165) is 0 Å². The molecule has 1 amide bonds. The fourth-order valence-electron chi connectivity index (χ4n) is 2.40. The van der Waals surface area contributed by atoms with E-state index in [2.05, 4.69) is 5.32 Å². The van der Waals surface area contributed by atoms with Crippen LogP contribution in [0.2, 0.25) is 0 Å². The highest BCUT2D eigenvalue weighted by Gasteiger charge is 2.17. The monoisotopic (exact) mass is 383 g/mol. The van der Waals surface area contributed by atoms with Crippen molar-refractivity contribution in [2.45, 2.75) is 19.4 Å². The summed E-state index contributed by atoms with van der Waals surface area (Å²) in [5, 5.41) is 19.1. The lowest BCUT2D eigenvalue weighted by molar-refractivity contribution is -0.148. The van der Waals surface area contributed by atoms with Crippen molar-refractivity contribution in [3.05, 3.63) is 65.2 Å². The predicted molar refractivity (Wildman–Crippen MR) is 103 cm³/mol. The second-order valence-corrected chi connectivity index (χ2v) is 6.19. The van der Waals surface area contributed by atoms with Crippen LogP contribution >= 0.6 is 0 Å². The molecule has 0 fully saturated rings. The van der Waals surface area contributed by atoms with Crippen LogP contribution in [0.1, 0.15) is 28.4 Å². The molecule has 2 rings (SSSR count). The van der Waals surface area contributed by atoms with Crippen molar-refractivity contribution in [3.8, 4) is 5.75 Å². The molecule has 0 aromatic heterocycles. The third-order valence-electron chi connectivity index (χ3n) is 3.87. The summed E-state index contributed by atoms with van der Waals surface area (Å²) < 4.78 is 5.70. The Balaban J connectivity index is 2.09. The van der Waals surface area contributed by atoms with Gasteiger partial charge >= 0.3 is 5.97 Å². The fourth-order valence-corrected chi connectivity index (χ4v) is 2.40. The molecule has 0 radical (unpaired) electrons. The second-order valence-electron chi connectivity index (χ2n) is 6.19. The summed E-state index contributed by atoms with van der Waals surface area (Å²) >= 11 is 0. The predicted octanol–water partition coefficient (Wildman–Crippen LogP) is 1.36. The third-order valence-corrected chi connectivity index (χ3v) is 3.87. The van der Waals surface area contributed by atoms with Gasteiger partial charge in [0, 0.05) is 23.1 Å². The average molecular weight is 383 g/mol. The Morgan fingerprint density at radius 1 is 1.14 bits per heavy atom. The molecule has 0 aliphatic carbocycles. The molecule has 1 unspecified atom stereocenters. The summed E-state index contributed by atoms with van der Waals surface area (Å²) in [6.07, 6.45) is -0.354. The first-order chi connectivity index (χ1) is 13.3. The molecule has 0 aliphatic heterocycles. The number of ketones is 1. The average Bonchev–Trinajstić information content (AvgIpc) is 2.67. The molecule has 5 N–H and O–H groups in total. The molecule has 2 aromatic rings. The van der Waals surface area contributed by atoms with Crippen molar-refractivity contribution in [2.24, 2.45) is 5.73 Å². The van der Waals surface area contributed by atoms with Gasteiger partial charge < -0.3 is 20.9 Å². The number of ether oxygens (including phenoxy) is 1. The van der Waals surface area contributed by atoms with Gasteiger partial charge in [0.15, 0.2) is 0 Å². The largest absolute Gasteiger partial charge is 0.491 e. The molecule has 0 saturated carbocycles. The molecular formula is C20H21N3O5. The Morgan fingerprint density at radius 2 is 1.82 bits per heavy atom. The standard InChI is InChI=1S/C20H21N3O5/c1-12(23-19(25)13-5-3-2-4-6-13)11-28-17-10-15(18(21)22)8-7-14(17)9-16(24)20(26)27/h2-8,10,12H,9,11H2,1H3,(H3,21,22)(H,23,25)(H,26,27). The first-order valence-corrected chi connectivity index (χ1v) is 8.50. The van der Waals surface area contributed by atoms with Crippen LogP contribution in [0.15, 0.2) is 48.5 Å². The maximum Gasteiger partial charge on any atom is 0.372 e. The van der Waals surface area contributed by atoms with E-state index in [9.17, 15) is 14.4 Å². The Bertz CT molecular complexity index is 896. The Morgan fingerprint density at radius 3 is 2.43 bits per heavy atom. The molecule has 28 heavy (non-hydrogen) atoms. The molecule has 0 saturated heterocycles. The molecule has 8 heteroatoms. The number of amides is 1. The van der Waals surface area contributed by atoms with Crippen LogP contribution in [0.4, 0.5) is 0 Å². The summed E-state index contributed by atoms with van der Waals surface area (Å²) in [6.45, 7) is 1.83. The number of hydrogen-bond donors (Lipinski definition) is 4. The van der Waals surface area contributed by atoms with Crippen LogP contribution in [0.5, 0.6) is 5.75 Å². The van der Waals surface area contributed by atoms with Crippen LogP contribution in [0, 0.1) is 5.41 Å². The van der Waals surface area contributed by atoms with E-state index in [1.807, 2.05) is 6.07 Å².